The first-order chi connectivity index (χ1) is 6.22. The number of amides is 1. The average molecular weight is 185 g/mol. The van der Waals surface area contributed by atoms with Crippen molar-refractivity contribution in [3.63, 3.8) is 0 Å². The van der Waals surface area contributed by atoms with E-state index in [2.05, 4.69) is 17.1 Å². The van der Waals surface area contributed by atoms with Crippen LogP contribution in [0.3, 0.4) is 0 Å². The van der Waals surface area contributed by atoms with Crippen LogP contribution in [0.25, 0.3) is 0 Å². The standard InChI is InChI=1S/C9H19N3O/c1-8-2-5-12(6-8)7-9(13)11-4-3-10/h8H,2-7,10H2,1H3,(H,11,13). The molecular formula is C9H19N3O. The van der Waals surface area contributed by atoms with E-state index in [4.69, 9.17) is 5.73 Å². The molecule has 1 aliphatic heterocycles. The molecule has 1 aliphatic rings. The fourth-order valence-electron chi connectivity index (χ4n) is 1.64. The van der Waals surface area contributed by atoms with Crippen LogP contribution < -0.4 is 11.1 Å². The number of carbonyl (C=O) groups is 1. The molecule has 4 heteroatoms. The smallest absolute Gasteiger partial charge is 0.234 e. The van der Waals surface area contributed by atoms with Gasteiger partial charge >= 0.3 is 0 Å². The van der Waals surface area contributed by atoms with Crippen molar-refractivity contribution in [2.45, 2.75) is 13.3 Å². The van der Waals surface area contributed by atoms with E-state index < -0.39 is 0 Å². The van der Waals surface area contributed by atoms with Crippen LogP contribution in [0.5, 0.6) is 0 Å². The third-order valence-electron chi connectivity index (χ3n) is 2.34. The molecule has 13 heavy (non-hydrogen) atoms. The molecule has 0 aromatic rings. The minimum Gasteiger partial charge on any atom is -0.354 e. The SMILES string of the molecule is CC1CCN(CC(=O)NCCN)C1. The number of carbonyl (C=O) groups excluding carboxylic acids is 1. The number of hydrogen-bond acceptors (Lipinski definition) is 3. The molecule has 0 bridgehead atoms. The summed E-state index contributed by atoms with van der Waals surface area (Å²) in [5, 5.41) is 2.77. The van der Waals surface area contributed by atoms with Crippen LogP contribution in [-0.4, -0.2) is 43.5 Å². The van der Waals surface area contributed by atoms with Gasteiger partial charge in [-0.1, -0.05) is 6.92 Å². The Labute approximate surface area is 79.5 Å². The molecular weight excluding hydrogens is 166 g/mol. The van der Waals surface area contributed by atoms with Gasteiger partial charge in [-0.25, -0.2) is 0 Å². The fraction of sp³-hybridized carbons (Fsp3) is 0.889. The normalized spacial score (nSPS) is 23.4. The van der Waals surface area contributed by atoms with Crippen LogP contribution in [0.2, 0.25) is 0 Å². The van der Waals surface area contributed by atoms with Crippen LogP contribution in [0.4, 0.5) is 0 Å². The van der Waals surface area contributed by atoms with Crippen molar-refractivity contribution >= 4 is 5.91 Å². The largest absolute Gasteiger partial charge is 0.354 e. The van der Waals surface area contributed by atoms with E-state index in [1.165, 1.54) is 6.42 Å². The summed E-state index contributed by atoms with van der Waals surface area (Å²) in [7, 11) is 0. The molecule has 1 amide bonds. The van der Waals surface area contributed by atoms with Gasteiger partial charge in [0.1, 0.15) is 0 Å². The summed E-state index contributed by atoms with van der Waals surface area (Å²) in [6.45, 7) is 5.96. The monoisotopic (exact) mass is 185 g/mol. The predicted molar refractivity (Wildman–Crippen MR) is 52.3 cm³/mol. The lowest BCUT2D eigenvalue weighted by molar-refractivity contribution is -0.121. The molecule has 1 unspecified atom stereocenters. The lowest BCUT2D eigenvalue weighted by Crippen LogP contribution is -2.38. The summed E-state index contributed by atoms with van der Waals surface area (Å²) in [6, 6.07) is 0. The highest BCUT2D eigenvalue weighted by Gasteiger charge is 2.20. The maximum atomic E-state index is 11.3. The Morgan fingerprint density at radius 2 is 2.46 bits per heavy atom. The second-order valence-corrected chi connectivity index (χ2v) is 3.77. The number of likely N-dealkylation sites (tertiary alicyclic amines) is 1. The van der Waals surface area contributed by atoms with Crippen molar-refractivity contribution in [3.05, 3.63) is 0 Å². The Balaban J connectivity index is 2.13. The van der Waals surface area contributed by atoms with Crippen molar-refractivity contribution in [1.82, 2.24) is 10.2 Å². The van der Waals surface area contributed by atoms with E-state index in [-0.39, 0.29) is 5.91 Å². The number of hydrogen-bond donors (Lipinski definition) is 2. The van der Waals surface area contributed by atoms with E-state index in [9.17, 15) is 4.79 Å². The summed E-state index contributed by atoms with van der Waals surface area (Å²) in [5.41, 5.74) is 5.28. The summed E-state index contributed by atoms with van der Waals surface area (Å²) in [5.74, 6) is 0.835. The number of nitrogens with one attached hydrogen (secondary N) is 1. The van der Waals surface area contributed by atoms with E-state index in [1.807, 2.05) is 0 Å². The molecule has 0 aromatic carbocycles. The third-order valence-corrected chi connectivity index (χ3v) is 2.34. The van der Waals surface area contributed by atoms with Gasteiger partial charge in [0, 0.05) is 19.6 Å². The lowest BCUT2D eigenvalue weighted by atomic mass is 10.2. The molecule has 3 N–H and O–H groups in total. The summed E-state index contributed by atoms with van der Waals surface area (Å²) < 4.78 is 0. The first kappa shape index (κ1) is 10.5. The number of nitrogens with zero attached hydrogens (tertiary/aromatic N) is 1. The highest BCUT2D eigenvalue weighted by Crippen LogP contribution is 2.13. The molecule has 0 saturated carbocycles. The van der Waals surface area contributed by atoms with Crippen molar-refractivity contribution in [2.75, 3.05) is 32.7 Å². The Bertz CT molecular complexity index is 172. The van der Waals surface area contributed by atoms with Gasteiger partial charge in [0.2, 0.25) is 5.91 Å². The minimum absolute atomic E-state index is 0.0968. The van der Waals surface area contributed by atoms with Crippen LogP contribution >= 0.6 is 0 Å². The fourth-order valence-corrected chi connectivity index (χ4v) is 1.64. The van der Waals surface area contributed by atoms with E-state index in [0.29, 0.717) is 19.6 Å². The van der Waals surface area contributed by atoms with Gasteiger partial charge in [-0.15, -0.1) is 0 Å². The topological polar surface area (TPSA) is 58.4 Å². The summed E-state index contributed by atoms with van der Waals surface area (Å²) in [4.78, 5) is 13.4. The molecule has 1 atom stereocenters. The molecule has 0 aromatic heterocycles. The average Bonchev–Trinajstić information content (AvgIpc) is 2.48. The lowest BCUT2D eigenvalue weighted by Gasteiger charge is -2.14. The van der Waals surface area contributed by atoms with Crippen LogP contribution in [-0.2, 0) is 4.79 Å². The quantitative estimate of drug-likeness (QED) is 0.615. The van der Waals surface area contributed by atoms with Crippen molar-refractivity contribution in [2.24, 2.45) is 11.7 Å². The maximum absolute atomic E-state index is 11.3. The third kappa shape index (κ3) is 3.74. The Hall–Kier alpha value is -0.610. The molecule has 1 saturated heterocycles. The molecule has 0 radical (unpaired) electrons. The van der Waals surface area contributed by atoms with Crippen molar-refractivity contribution < 1.29 is 4.79 Å². The zero-order chi connectivity index (χ0) is 9.68. The van der Waals surface area contributed by atoms with Crippen molar-refractivity contribution in [1.29, 1.82) is 0 Å². The van der Waals surface area contributed by atoms with Gasteiger partial charge in [0.05, 0.1) is 6.54 Å². The van der Waals surface area contributed by atoms with Gasteiger partial charge in [-0.3, -0.25) is 9.69 Å². The van der Waals surface area contributed by atoms with Crippen LogP contribution in [0, 0.1) is 5.92 Å². The zero-order valence-corrected chi connectivity index (χ0v) is 8.25. The molecule has 1 fully saturated rings. The first-order valence-corrected chi connectivity index (χ1v) is 4.91. The van der Waals surface area contributed by atoms with E-state index >= 15 is 0 Å². The summed E-state index contributed by atoms with van der Waals surface area (Å²) in [6.07, 6.45) is 1.21. The Morgan fingerprint density at radius 3 is 3.00 bits per heavy atom. The minimum atomic E-state index is 0.0968. The number of nitrogens with two attached hydrogens (primary N) is 1. The van der Waals surface area contributed by atoms with Gasteiger partial charge in [0.15, 0.2) is 0 Å². The molecule has 4 nitrogen and oxygen atoms in total. The van der Waals surface area contributed by atoms with Gasteiger partial charge < -0.3 is 11.1 Å². The number of rotatable bonds is 4. The molecule has 1 heterocycles. The summed E-state index contributed by atoms with van der Waals surface area (Å²) >= 11 is 0. The van der Waals surface area contributed by atoms with Crippen LogP contribution in [0.15, 0.2) is 0 Å². The highest BCUT2D eigenvalue weighted by atomic mass is 16.2. The second-order valence-electron chi connectivity index (χ2n) is 3.77. The molecule has 1 rings (SSSR count). The highest BCUT2D eigenvalue weighted by molar-refractivity contribution is 5.78. The molecule has 76 valence electrons. The van der Waals surface area contributed by atoms with Crippen molar-refractivity contribution in [3.8, 4) is 0 Å². The van der Waals surface area contributed by atoms with Crippen LogP contribution in [0.1, 0.15) is 13.3 Å². The maximum Gasteiger partial charge on any atom is 0.234 e. The zero-order valence-electron chi connectivity index (χ0n) is 8.25. The van der Waals surface area contributed by atoms with E-state index in [1.54, 1.807) is 0 Å². The van der Waals surface area contributed by atoms with E-state index in [0.717, 1.165) is 19.0 Å². The molecule has 0 aliphatic carbocycles. The predicted octanol–water partition coefficient (Wildman–Crippen LogP) is -0.597. The Morgan fingerprint density at radius 1 is 1.69 bits per heavy atom. The second kappa shape index (κ2) is 5.19. The molecule has 0 spiro atoms. The Kier molecular flexibility index (Phi) is 4.18. The van der Waals surface area contributed by atoms with Gasteiger partial charge in [0.25, 0.3) is 0 Å². The first-order valence-electron chi connectivity index (χ1n) is 4.91. The van der Waals surface area contributed by atoms with Gasteiger partial charge in [-0.2, -0.15) is 0 Å². The van der Waals surface area contributed by atoms with Gasteiger partial charge in [-0.05, 0) is 18.9 Å².